The van der Waals surface area contributed by atoms with Crippen molar-refractivity contribution in [1.29, 1.82) is 0 Å². The number of furan rings is 1. The molecule has 0 radical (unpaired) electrons. The van der Waals surface area contributed by atoms with E-state index in [1.165, 1.54) is 12.8 Å². The van der Waals surface area contributed by atoms with Crippen LogP contribution in [0.15, 0.2) is 22.6 Å². The van der Waals surface area contributed by atoms with Gasteiger partial charge in [0.25, 0.3) is 0 Å². The fraction of sp³-hybridized carbons (Fsp3) is 0.455. The van der Waals surface area contributed by atoms with Gasteiger partial charge in [0.1, 0.15) is 11.5 Å². The average Bonchev–Trinajstić information content (AvgIpc) is 2.45. The third-order valence-electron chi connectivity index (χ3n) is 1.77. The van der Waals surface area contributed by atoms with Crippen molar-refractivity contribution in [2.45, 2.75) is 33.1 Å². The van der Waals surface area contributed by atoms with Crippen LogP contribution < -0.4 is 0 Å². The minimum Gasteiger partial charge on any atom is -0.462 e. The van der Waals surface area contributed by atoms with Crippen molar-refractivity contribution in [2.24, 2.45) is 0 Å². The van der Waals surface area contributed by atoms with E-state index in [1.54, 1.807) is 0 Å². The molecule has 0 atom stereocenters. The number of hydrogen-bond donors (Lipinski definition) is 0. The minimum absolute atomic E-state index is 0.962. The molecule has 1 aromatic heterocycles. The molecule has 1 heterocycles. The Balaban J connectivity index is 2.36. The summed E-state index contributed by atoms with van der Waals surface area (Å²) in [6, 6.07) is 3.98. The molecule has 12 heavy (non-hydrogen) atoms. The lowest BCUT2D eigenvalue weighted by atomic mass is 10.2. The predicted octanol–water partition coefficient (Wildman–Crippen LogP) is 3.79. The van der Waals surface area contributed by atoms with Crippen LogP contribution in [0, 0.1) is 6.92 Å². The summed E-state index contributed by atoms with van der Waals surface area (Å²) in [5.74, 6) is 1.94. The Bertz CT molecular complexity index is 245. The van der Waals surface area contributed by atoms with Gasteiger partial charge in [0.2, 0.25) is 0 Å². The van der Waals surface area contributed by atoms with Crippen LogP contribution in [0.4, 0.5) is 0 Å². The van der Waals surface area contributed by atoms with Crippen LogP contribution in [0.1, 0.15) is 37.7 Å². The van der Waals surface area contributed by atoms with Gasteiger partial charge in [-0.3, -0.25) is 0 Å². The molecule has 0 bridgehead atoms. The molecule has 0 aromatic carbocycles. The maximum atomic E-state index is 5.38. The summed E-state index contributed by atoms with van der Waals surface area (Å²) >= 11 is 0. The summed E-state index contributed by atoms with van der Waals surface area (Å²) in [7, 11) is 0. The van der Waals surface area contributed by atoms with E-state index < -0.39 is 0 Å². The van der Waals surface area contributed by atoms with Crippen LogP contribution in [-0.2, 0) is 0 Å². The molecule has 1 aromatic rings. The molecule has 0 aliphatic heterocycles. The van der Waals surface area contributed by atoms with E-state index >= 15 is 0 Å². The molecule has 0 amide bonds. The highest BCUT2D eigenvalue weighted by Gasteiger charge is 1.90. The second-order valence-corrected chi connectivity index (χ2v) is 2.99. The Morgan fingerprint density at radius 2 is 2.25 bits per heavy atom. The Hall–Kier alpha value is -0.980. The second-order valence-electron chi connectivity index (χ2n) is 2.99. The molecule has 0 aliphatic carbocycles. The highest BCUT2D eigenvalue weighted by atomic mass is 16.3. The first-order valence-corrected chi connectivity index (χ1v) is 4.56. The summed E-state index contributed by atoms with van der Waals surface area (Å²) < 4.78 is 5.38. The number of aryl methyl sites for hydroxylation is 1. The van der Waals surface area contributed by atoms with Gasteiger partial charge >= 0.3 is 0 Å². The zero-order valence-electron chi connectivity index (χ0n) is 7.84. The molecule has 66 valence electrons. The van der Waals surface area contributed by atoms with Crippen LogP contribution in [0.2, 0.25) is 0 Å². The van der Waals surface area contributed by atoms with E-state index in [9.17, 15) is 0 Å². The number of allylic oxidation sites excluding steroid dienone is 1. The van der Waals surface area contributed by atoms with E-state index in [1.807, 2.05) is 25.1 Å². The lowest BCUT2D eigenvalue weighted by Crippen LogP contribution is -1.66. The van der Waals surface area contributed by atoms with Gasteiger partial charge in [0, 0.05) is 0 Å². The normalized spacial score (nSPS) is 11.2. The van der Waals surface area contributed by atoms with Crippen LogP contribution in [0.5, 0.6) is 0 Å². The summed E-state index contributed by atoms with van der Waals surface area (Å²) in [5, 5.41) is 0. The van der Waals surface area contributed by atoms with Crippen LogP contribution in [-0.4, -0.2) is 0 Å². The fourth-order valence-corrected chi connectivity index (χ4v) is 1.06. The van der Waals surface area contributed by atoms with E-state index in [2.05, 4.69) is 13.0 Å². The maximum absolute atomic E-state index is 5.38. The maximum Gasteiger partial charge on any atom is 0.126 e. The lowest BCUT2D eigenvalue weighted by Gasteiger charge is -1.87. The third-order valence-corrected chi connectivity index (χ3v) is 1.77. The quantitative estimate of drug-likeness (QED) is 0.617. The molecule has 0 spiro atoms. The molecule has 0 aliphatic rings. The lowest BCUT2D eigenvalue weighted by molar-refractivity contribution is 0.525. The van der Waals surface area contributed by atoms with E-state index in [-0.39, 0.29) is 0 Å². The van der Waals surface area contributed by atoms with Gasteiger partial charge in [-0.1, -0.05) is 25.8 Å². The molecule has 1 rings (SSSR count). The van der Waals surface area contributed by atoms with Crippen molar-refractivity contribution in [2.75, 3.05) is 0 Å². The minimum atomic E-state index is 0.962. The van der Waals surface area contributed by atoms with Gasteiger partial charge in [-0.05, 0) is 31.6 Å². The first-order valence-electron chi connectivity index (χ1n) is 4.56. The molecule has 0 N–H and O–H groups in total. The first kappa shape index (κ1) is 9.11. The molecule has 1 heteroatoms. The standard InChI is InChI=1S/C11H16O/c1-3-4-5-6-7-11-9-8-10(2)12-11/h6-9H,3-5H2,1-2H3. The molecular weight excluding hydrogens is 148 g/mol. The summed E-state index contributed by atoms with van der Waals surface area (Å²) in [6.45, 7) is 4.16. The van der Waals surface area contributed by atoms with Crippen molar-refractivity contribution in [1.82, 2.24) is 0 Å². The van der Waals surface area contributed by atoms with E-state index in [4.69, 9.17) is 4.42 Å². The Morgan fingerprint density at radius 3 is 2.83 bits per heavy atom. The number of hydrogen-bond acceptors (Lipinski definition) is 1. The largest absolute Gasteiger partial charge is 0.462 e. The fourth-order valence-electron chi connectivity index (χ4n) is 1.06. The van der Waals surface area contributed by atoms with Crippen molar-refractivity contribution in [3.8, 4) is 0 Å². The van der Waals surface area contributed by atoms with Crippen molar-refractivity contribution in [3.63, 3.8) is 0 Å². The summed E-state index contributed by atoms with van der Waals surface area (Å²) in [5.41, 5.74) is 0. The van der Waals surface area contributed by atoms with Gasteiger partial charge < -0.3 is 4.42 Å². The zero-order chi connectivity index (χ0) is 8.81. The molecule has 0 saturated heterocycles. The van der Waals surface area contributed by atoms with Gasteiger partial charge in [-0.2, -0.15) is 0 Å². The van der Waals surface area contributed by atoms with Crippen LogP contribution in [0.25, 0.3) is 6.08 Å². The van der Waals surface area contributed by atoms with Gasteiger partial charge in [-0.25, -0.2) is 0 Å². The van der Waals surface area contributed by atoms with Crippen LogP contribution >= 0.6 is 0 Å². The summed E-state index contributed by atoms with van der Waals surface area (Å²) in [6.07, 6.45) is 7.87. The number of rotatable bonds is 4. The Labute approximate surface area is 74.1 Å². The van der Waals surface area contributed by atoms with Crippen molar-refractivity contribution in [3.05, 3.63) is 29.7 Å². The average molecular weight is 164 g/mol. The highest BCUT2D eigenvalue weighted by molar-refractivity contribution is 5.42. The second kappa shape index (κ2) is 4.81. The highest BCUT2D eigenvalue weighted by Crippen LogP contribution is 2.08. The van der Waals surface area contributed by atoms with E-state index in [0.29, 0.717) is 0 Å². The monoisotopic (exact) mass is 164 g/mol. The van der Waals surface area contributed by atoms with Gasteiger partial charge in [0.05, 0.1) is 0 Å². The molecular formula is C11H16O. The molecule has 0 unspecified atom stereocenters. The Morgan fingerprint density at radius 1 is 1.42 bits per heavy atom. The predicted molar refractivity (Wildman–Crippen MR) is 52.0 cm³/mol. The number of unbranched alkanes of at least 4 members (excludes halogenated alkanes) is 2. The molecule has 1 nitrogen and oxygen atoms in total. The summed E-state index contributed by atoms with van der Waals surface area (Å²) in [4.78, 5) is 0. The molecule has 0 fully saturated rings. The SMILES string of the molecule is CCCCC=Cc1ccc(C)o1. The topological polar surface area (TPSA) is 13.1 Å². The third kappa shape index (κ3) is 2.95. The first-order chi connectivity index (χ1) is 5.83. The zero-order valence-corrected chi connectivity index (χ0v) is 7.84. The van der Waals surface area contributed by atoms with E-state index in [0.717, 1.165) is 17.9 Å². The van der Waals surface area contributed by atoms with Crippen molar-refractivity contribution >= 4 is 6.08 Å². The van der Waals surface area contributed by atoms with Crippen molar-refractivity contribution < 1.29 is 4.42 Å². The Kier molecular flexibility index (Phi) is 3.65. The van der Waals surface area contributed by atoms with Crippen LogP contribution in [0.3, 0.4) is 0 Å². The van der Waals surface area contributed by atoms with Gasteiger partial charge in [-0.15, -0.1) is 0 Å². The molecule has 0 saturated carbocycles. The smallest absolute Gasteiger partial charge is 0.126 e. The van der Waals surface area contributed by atoms with Gasteiger partial charge in [0.15, 0.2) is 0 Å².